The predicted molar refractivity (Wildman–Crippen MR) is 75.8 cm³/mol. The van der Waals surface area contributed by atoms with E-state index in [2.05, 4.69) is 34.3 Å². The Labute approximate surface area is 114 Å². The molecule has 0 aromatic heterocycles. The zero-order chi connectivity index (χ0) is 13.6. The number of hydrogen-bond donors (Lipinski definition) is 1. The van der Waals surface area contributed by atoms with E-state index < -0.39 is 0 Å². The monoisotopic (exact) mass is 259 g/mol. The van der Waals surface area contributed by atoms with Crippen LogP contribution in [0.25, 0.3) is 10.4 Å². The number of rotatable bonds is 5. The van der Waals surface area contributed by atoms with Crippen LogP contribution < -0.4 is 0 Å². The van der Waals surface area contributed by atoms with E-state index in [9.17, 15) is 0 Å². The molecule has 0 saturated heterocycles. The second kappa shape index (κ2) is 6.60. The van der Waals surface area contributed by atoms with E-state index in [0.717, 1.165) is 38.5 Å². The van der Waals surface area contributed by atoms with Crippen LogP contribution in [0, 0.1) is 0 Å². The van der Waals surface area contributed by atoms with Gasteiger partial charge < -0.3 is 5.11 Å². The van der Waals surface area contributed by atoms with Gasteiger partial charge >= 0.3 is 0 Å². The van der Waals surface area contributed by atoms with Crippen LogP contribution in [0.1, 0.15) is 50.0 Å². The minimum atomic E-state index is -0.261. The maximum Gasteiger partial charge on any atom is 0.0489 e. The van der Waals surface area contributed by atoms with Crippen LogP contribution in [0.4, 0.5) is 0 Å². The largest absolute Gasteiger partial charge is 0.396 e. The van der Waals surface area contributed by atoms with Gasteiger partial charge in [-0.15, -0.1) is 0 Å². The summed E-state index contributed by atoms with van der Waals surface area (Å²) in [5.41, 5.74) is 9.89. The fourth-order valence-electron chi connectivity index (χ4n) is 3.12. The summed E-state index contributed by atoms with van der Waals surface area (Å²) in [5.74, 6) is 0.581. The Hall–Kier alpha value is -1.51. The Balaban J connectivity index is 2.01. The lowest BCUT2D eigenvalue weighted by Gasteiger charge is -2.36. The third kappa shape index (κ3) is 3.49. The first-order valence-corrected chi connectivity index (χ1v) is 7.02. The number of aliphatic hydroxyl groups excluding tert-OH is 1. The molecule has 0 atom stereocenters. The molecule has 1 N–H and O–H groups in total. The molecule has 2 rings (SSSR count). The molecule has 0 bridgehead atoms. The maximum absolute atomic E-state index is 8.97. The number of azide groups is 1. The summed E-state index contributed by atoms with van der Waals surface area (Å²) in [6.45, 7) is 0.171. The summed E-state index contributed by atoms with van der Waals surface area (Å²) in [6, 6.07) is 10.6. The lowest BCUT2D eigenvalue weighted by molar-refractivity contribution is 0.218. The Kier molecular flexibility index (Phi) is 4.83. The topological polar surface area (TPSA) is 69.0 Å². The van der Waals surface area contributed by atoms with Gasteiger partial charge in [0.1, 0.15) is 0 Å². The molecule has 4 heteroatoms. The molecule has 0 heterocycles. The van der Waals surface area contributed by atoms with Crippen LogP contribution in [0.15, 0.2) is 35.4 Å². The van der Waals surface area contributed by atoms with Crippen molar-refractivity contribution in [1.29, 1.82) is 0 Å². The van der Waals surface area contributed by atoms with Gasteiger partial charge in [-0.1, -0.05) is 35.4 Å². The van der Waals surface area contributed by atoms with Crippen molar-refractivity contribution in [3.63, 3.8) is 0 Å². The summed E-state index contributed by atoms with van der Waals surface area (Å²) < 4.78 is 0. The van der Waals surface area contributed by atoms with Crippen molar-refractivity contribution in [2.75, 3.05) is 6.61 Å². The Morgan fingerprint density at radius 3 is 2.53 bits per heavy atom. The Morgan fingerprint density at radius 1 is 1.26 bits per heavy atom. The maximum atomic E-state index is 8.97. The molecular formula is C15H21N3O. The molecule has 1 aliphatic rings. The smallest absolute Gasteiger partial charge is 0.0489 e. The quantitative estimate of drug-likeness (QED) is 0.481. The van der Waals surface area contributed by atoms with Crippen LogP contribution in [-0.4, -0.2) is 17.3 Å². The highest BCUT2D eigenvalue weighted by Gasteiger charge is 2.34. The molecule has 1 aromatic rings. The zero-order valence-electron chi connectivity index (χ0n) is 11.2. The molecular weight excluding hydrogens is 238 g/mol. The molecule has 1 aliphatic carbocycles. The highest BCUT2D eigenvalue weighted by Crippen LogP contribution is 2.42. The summed E-state index contributed by atoms with van der Waals surface area (Å²) in [5, 5.41) is 13.0. The van der Waals surface area contributed by atoms with Crippen LogP contribution in [0.5, 0.6) is 0 Å². The van der Waals surface area contributed by atoms with Gasteiger partial charge in [0.05, 0.1) is 0 Å². The second-order valence-electron chi connectivity index (χ2n) is 5.43. The van der Waals surface area contributed by atoms with Crippen LogP contribution in [-0.2, 0) is 0 Å². The minimum Gasteiger partial charge on any atom is -0.396 e. The number of benzene rings is 1. The number of hydrogen-bond acceptors (Lipinski definition) is 2. The second-order valence-corrected chi connectivity index (χ2v) is 5.43. The number of nitrogens with zero attached hydrogens (tertiary/aromatic N) is 3. The molecule has 1 saturated carbocycles. The van der Waals surface area contributed by atoms with E-state index in [-0.39, 0.29) is 12.1 Å². The first kappa shape index (κ1) is 13.9. The fraction of sp³-hybridized carbons (Fsp3) is 0.600. The molecule has 0 unspecified atom stereocenters. The Bertz CT molecular complexity index is 432. The highest BCUT2D eigenvalue weighted by molar-refractivity contribution is 5.20. The van der Waals surface area contributed by atoms with Crippen molar-refractivity contribution in [2.45, 2.75) is 50.0 Å². The van der Waals surface area contributed by atoms with E-state index in [0.29, 0.717) is 5.92 Å². The Morgan fingerprint density at radius 2 is 1.95 bits per heavy atom. The van der Waals surface area contributed by atoms with E-state index >= 15 is 0 Å². The SMILES string of the molecule is [N-]=[N+]=NC1(CCCO)CCC(c2ccccc2)CC1. The van der Waals surface area contributed by atoms with Gasteiger partial charge in [0.25, 0.3) is 0 Å². The first-order chi connectivity index (χ1) is 9.29. The van der Waals surface area contributed by atoms with Gasteiger partial charge in [0.15, 0.2) is 0 Å². The molecule has 102 valence electrons. The molecule has 0 spiro atoms. The molecule has 0 radical (unpaired) electrons. The lowest BCUT2D eigenvalue weighted by Crippen LogP contribution is -2.31. The molecule has 19 heavy (non-hydrogen) atoms. The van der Waals surface area contributed by atoms with Gasteiger partial charge in [0.2, 0.25) is 0 Å². The highest BCUT2D eigenvalue weighted by atomic mass is 16.2. The molecule has 0 amide bonds. The summed E-state index contributed by atoms with van der Waals surface area (Å²) in [7, 11) is 0. The first-order valence-electron chi connectivity index (χ1n) is 7.02. The fourth-order valence-corrected chi connectivity index (χ4v) is 3.12. The predicted octanol–water partition coefficient (Wildman–Crippen LogP) is 4.17. The van der Waals surface area contributed by atoms with Crippen molar-refractivity contribution in [3.05, 3.63) is 46.3 Å². The molecule has 1 fully saturated rings. The average Bonchev–Trinajstić information content (AvgIpc) is 2.47. The van der Waals surface area contributed by atoms with Crippen molar-refractivity contribution in [1.82, 2.24) is 0 Å². The van der Waals surface area contributed by atoms with Crippen LogP contribution in [0.2, 0.25) is 0 Å². The molecule has 0 aliphatic heterocycles. The average molecular weight is 259 g/mol. The van der Waals surface area contributed by atoms with Gasteiger partial charge in [0, 0.05) is 17.1 Å². The lowest BCUT2D eigenvalue weighted by atomic mass is 9.73. The van der Waals surface area contributed by atoms with Crippen molar-refractivity contribution in [3.8, 4) is 0 Å². The third-order valence-corrected chi connectivity index (χ3v) is 4.24. The van der Waals surface area contributed by atoms with Gasteiger partial charge in [-0.2, -0.15) is 0 Å². The van der Waals surface area contributed by atoms with Gasteiger partial charge in [-0.3, -0.25) is 0 Å². The van der Waals surface area contributed by atoms with Crippen LogP contribution >= 0.6 is 0 Å². The number of aliphatic hydroxyl groups is 1. The van der Waals surface area contributed by atoms with E-state index in [1.54, 1.807) is 0 Å². The van der Waals surface area contributed by atoms with Crippen molar-refractivity contribution in [2.24, 2.45) is 5.11 Å². The third-order valence-electron chi connectivity index (χ3n) is 4.24. The summed E-state index contributed by atoms with van der Waals surface area (Å²) in [4.78, 5) is 3.03. The van der Waals surface area contributed by atoms with Crippen molar-refractivity contribution < 1.29 is 5.11 Å². The molecule has 1 aromatic carbocycles. The summed E-state index contributed by atoms with van der Waals surface area (Å²) >= 11 is 0. The summed E-state index contributed by atoms with van der Waals surface area (Å²) in [6.07, 6.45) is 5.50. The standard InChI is InChI=1S/C15H21N3O/c16-18-17-15(9-4-12-19)10-7-14(8-11-15)13-5-2-1-3-6-13/h1-3,5-6,14,19H,4,7-12H2. The molecule has 4 nitrogen and oxygen atoms in total. The van der Waals surface area contributed by atoms with Gasteiger partial charge in [-0.05, 0) is 55.5 Å². The van der Waals surface area contributed by atoms with E-state index in [1.807, 2.05) is 6.07 Å². The van der Waals surface area contributed by atoms with E-state index in [1.165, 1.54) is 5.56 Å². The van der Waals surface area contributed by atoms with Crippen LogP contribution in [0.3, 0.4) is 0 Å². The van der Waals surface area contributed by atoms with Gasteiger partial charge in [-0.25, -0.2) is 0 Å². The van der Waals surface area contributed by atoms with E-state index in [4.69, 9.17) is 10.6 Å². The minimum absolute atomic E-state index is 0.171. The normalized spacial score (nSPS) is 26.7. The van der Waals surface area contributed by atoms with Crippen molar-refractivity contribution >= 4 is 0 Å². The zero-order valence-corrected chi connectivity index (χ0v) is 11.2.